The fourth-order valence-corrected chi connectivity index (χ4v) is 7.81. The molecule has 5 aromatic carbocycles. The highest BCUT2D eigenvalue weighted by atomic mass is 32.2. The summed E-state index contributed by atoms with van der Waals surface area (Å²) in [5.41, 5.74) is 3.10. The first kappa shape index (κ1) is 44.7. The first-order valence-electron chi connectivity index (χ1n) is 19.6. The maximum Gasteiger partial charge on any atom is 0.269 e. The first-order chi connectivity index (χ1) is 29.6. The first-order valence-corrected chi connectivity index (χ1v) is 21.1. The van der Waals surface area contributed by atoms with E-state index in [1.54, 1.807) is 24.3 Å². The van der Waals surface area contributed by atoms with E-state index in [2.05, 4.69) is 15.4 Å². The summed E-state index contributed by atoms with van der Waals surface area (Å²) in [6.45, 7) is 1.36. The van der Waals surface area contributed by atoms with Gasteiger partial charge in [0.1, 0.15) is 30.4 Å². The average Bonchev–Trinajstić information content (AvgIpc) is 3.27. The summed E-state index contributed by atoms with van der Waals surface area (Å²) in [6.07, 6.45) is -3.92. The number of non-ortho nitro benzene ring substituents is 1. The highest BCUT2D eigenvalue weighted by molar-refractivity contribution is 7.89. The molecule has 1 fully saturated rings. The van der Waals surface area contributed by atoms with Crippen molar-refractivity contribution in [1.29, 1.82) is 0 Å². The Kier molecular flexibility index (Phi) is 16.2. The van der Waals surface area contributed by atoms with Gasteiger partial charge in [0, 0.05) is 25.6 Å². The minimum absolute atomic E-state index is 0.0000372. The van der Waals surface area contributed by atoms with Crippen LogP contribution < -0.4 is 15.4 Å². The summed E-state index contributed by atoms with van der Waals surface area (Å²) < 4.78 is 62.1. The molecule has 6 rings (SSSR count). The van der Waals surface area contributed by atoms with Crippen LogP contribution in [0.3, 0.4) is 0 Å². The highest BCUT2D eigenvalue weighted by Gasteiger charge is 2.49. The lowest BCUT2D eigenvalue weighted by Gasteiger charge is -2.46. The molecule has 5 aromatic rings. The van der Waals surface area contributed by atoms with Gasteiger partial charge < -0.3 is 34.3 Å². The van der Waals surface area contributed by atoms with Crippen molar-refractivity contribution in [3.8, 4) is 0 Å². The second-order valence-corrected chi connectivity index (χ2v) is 16.0. The maximum atomic E-state index is 13.9. The number of hydrogen-bond acceptors (Lipinski definition) is 11. The van der Waals surface area contributed by atoms with E-state index in [9.17, 15) is 28.1 Å². The Morgan fingerprint density at radius 2 is 1.21 bits per heavy atom. The molecule has 3 N–H and O–H groups in total. The summed E-state index contributed by atoms with van der Waals surface area (Å²) in [7, 11) is -4.45. The zero-order chi connectivity index (χ0) is 43.0. The van der Waals surface area contributed by atoms with Crippen molar-refractivity contribution in [2.45, 2.75) is 74.9 Å². The number of carbonyl (C=O) groups excluding carboxylic acids is 2. The molecule has 15 nitrogen and oxygen atoms in total. The van der Waals surface area contributed by atoms with Crippen molar-refractivity contribution in [3.05, 3.63) is 178 Å². The number of sulfonamides is 1. The van der Waals surface area contributed by atoms with Crippen LogP contribution >= 0.6 is 0 Å². The van der Waals surface area contributed by atoms with Crippen LogP contribution in [-0.4, -0.2) is 75.1 Å². The molecule has 1 saturated heterocycles. The molecule has 0 aromatic heterocycles. The van der Waals surface area contributed by atoms with Crippen LogP contribution in [0.15, 0.2) is 150 Å². The quantitative estimate of drug-likeness (QED) is 0.0650. The Morgan fingerprint density at radius 3 is 1.74 bits per heavy atom. The number of nitrogens with zero attached hydrogens (tertiary/aromatic N) is 1. The molecular weight excluding hydrogens is 805 g/mol. The van der Waals surface area contributed by atoms with Gasteiger partial charge in [0.25, 0.3) is 5.69 Å². The third kappa shape index (κ3) is 13.3. The van der Waals surface area contributed by atoms with Gasteiger partial charge in [-0.05, 0) is 34.4 Å². The molecule has 0 radical (unpaired) electrons. The third-order valence-corrected chi connectivity index (χ3v) is 11.2. The zero-order valence-electron chi connectivity index (χ0n) is 33.4. The van der Waals surface area contributed by atoms with E-state index in [1.807, 2.05) is 97.1 Å². The van der Waals surface area contributed by atoms with Crippen molar-refractivity contribution in [3.63, 3.8) is 0 Å². The van der Waals surface area contributed by atoms with E-state index in [0.717, 1.165) is 46.5 Å². The fourth-order valence-electron chi connectivity index (χ4n) is 6.63. The van der Waals surface area contributed by atoms with Crippen LogP contribution in [-0.2, 0) is 69.7 Å². The van der Waals surface area contributed by atoms with Crippen molar-refractivity contribution < 1.29 is 46.6 Å². The average molecular weight is 853 g/mol. The van der Waals surface area contributed by atoms with E-state index in [-0.39, 0.29) is 43.6 Å². The monoisotopic (exact) mass is 852 g/mol. The normalized spacial score (nSPS) is 19.4. The molecule has 0 unspecified atom stereocenters. The molecule has 16 heteroatoms. The largest absolute Gasteiger partial charge is 0.374 e. The molecule has 0 aliphatic carbocycles. The fraction of sp³-hybridized carbons (Fsp3) is 0.289. The number of hydrogen-bond donors (Lipinski definition) is 3. The zero-order valence-corrected chi connectivity index (χ0v) is 34.2. The van der Waals surface area contributed by atoms with Crippen LogP contribution in [0.5, 0.6) is 0 Å². The van der Waals surface area contributed by atoms with Gasteiger partial charge in [-0.2, -0.15) is 4.72 Å². The molecule has 1 aliphatic rings. The Bertz CT molecular complexity index is 2260. The van der Waals surface area contributed by atoms with Crippen LogP contribution in [0, 0.1) is 10.1 Å². The molecule has 2 amide bonds. The van der Waals surface area contributed by atoms with Crippen LogP contribution in [0.25, 0.3) is 0 Å². The smallest absolute Gasteiger partial charge is 0.269 e. The molecule has 6 atom stereocenters. The SMILES string of the molecule is CC(=O)N[C@H]1[C@@H](OC[C@H](NS(=O)(=O)c2ccc([N+](=O)[O-])cc2)C(=O)NCc2ccccc2)O[C@H](COCc2ccccc2)[C@H](OCc2ccccc2)[C@@H]1OCc1ccccc1. The van der Waals surface area contributed by atoms with E-state index in [4.69, 9.17) is 23.7 Å². The van der Waals surface area contributed by atoms with Gasteiger partial charge in [0.2, 0.25) is 21.8 Å². The molecule has 0 bridgehead atoms. The molecular formula is C45H48N4O11S. The minimum atomic E-state index is -4.45. The van der Waals surface area contributed by atoms with E-state index >= 15 is 0 Å². The van der Waals surface area contributed by atoms with Crippen LogP contribution in [0.4, 0.5) is 5.69 Å². The number of ether oxygens (including phenoxy) is 5. The van der Waals surface area contributed by atoms with Gasteiger partial charge in [-0.3, -0.25) is 19.7 Å². The Hall–Kier alpha value is -5.85. The van der Waals surface area contributed by atoms with Gasteiger partial charge in [-0.25, -0.2) is 8.42 Å². The number of carbonyl (C=O) groups is 2. The van der Waals surface area contributed by atoms with Gasteiger partial charge in [0.15, 0.2) is 6.29 Å². The number of nitro groups is 1. The number of amides is 2. The maximum absolute atomic E-state index is 13.9. The summed E-state index contributed by atoms with van der Waals surface area (Å²) >= 11 is 0. The molecule has 0 saturated carbocycles. The summed E-state index contributed by atoms with van der Waals surface area (Å²) in [5, 5.41) is 16.9. The summed E-state index contributed by atoms with van der Waals surface area (Å²) in [6, 6.07) is 39.2. The standard InChI is InChI=1S/C45H48N4O11S/c1-32(50)47-41-43(58-29-36-20-12-5-13-21-36)42(57-28-35-18-10-4-11-19-35)40(31-56-27-34-16-8-3-9-17-34)60-45(41)59-30-39(44(51)46-26-33-14-6-2-7-15-33)48-61(54,55)38-24-22-37(23-25-38)49(52)53/h2-25,39-43,45,48H,26-31H2,1H3,(H,46,51)(H,47,50)/t39-,40+,41+,42-,43+,45-/m0/s1. The van der Waals surface area contributed by atoms with E-state index in [1.165, 1.54) is 6.92 Å². The molecule has 61 heavy (non-hydrogen) atoms. The Morgan fingerprint density at radius 1 is 0.705 bits per heavy atom. The number of nitrogens with one attached hydrogen (secondary N) is 3. The lowest BCUT2D eigenvalue weighted by Crippen LogP contribution is -2.66. The summed E-state index contributed by atoms with van der Waals surface area (Å²) in [5.74, 6) is -1.17. The van der Waals surface area contributed by atoms with Gasteiger partial charge in [0.05, 0.1) is 42.9 Å². The van der Waals surface area contributed by atoms with Crippen molar-refractivity contribution >= 4 is 27.5 Å². The van der Waals surface area contributed by atoms with Gasteiger partial charge in [-0.1, -0.05) is 121 Å². The van der Waals surface area contributed by atoms with E-state index < -0.39 is 70.1 Å². The Labute approximate surface area is 354 Å². The number of rotatable bonds is 21. The Balaban J connectivity index is 1.30. The number of nitro benzene ring substituents is 1. The second kappa shape index (κ2) is 22.1. The van der Waals surface area contributed by atoms with Crippen LogP contribution in [0.2, 0.25) is 0 Å². The number of benzene rings is 5. The van der Waals surface area contributed by atoms with Crippen molar-refractivity contribution in [1.82, 2.24) is 15.4 Å². The third-order valence-electron chi connectivity index (χ3n) is 9.69. The minimum Gasteiger partial charge on any atom is -0.374 e. The lowest BCUT2D eigenvalue weighted by atomic mass is 9.95. The predicted octanol–water partition coefficient (Wildman–Crippen LogP) is 5.19. The molecule has 1 heterocycles. The van der Waals surface area contributed by atoms with Gasteiger partial charge in [-0.15, -0.1) is 0 Å². The van der Waals surface area contributed by atoms with Crippen molar-refractivity contribution in [2.75, 3.05) is 13.2 Å². The molecule has 320 valence electrons. The topological polar surface area (TPSA) is 194 Å². The molecule has 1 aliphatic heterocycles. The second-order valence-electron chi connectivity index (χ2n) is 14.3. The predicted molar refractivity (Wildman–Crippen MR) is 224 cm³/mol. The highest BCUT2D eigenvalue weighted by Crippen LogP contribution is 2.30. The lowest BCUT2D eigenvalue weighted by molar-refractivity contribution is -0.384. The van der Waals surface area contributed by atoms with Gasteiger partial charge >= 0.3 is 0 Å². The van der Waals surface area contributed by atoms with Crippen LogP contribution in [0.1, 0.15) is 29.2 Å². The summed E-state index contributed by atoms with van der Waals surface area (Å²) in [4.78, 5) is 37.1. The molecule has 0 spiro atoms. The van der Waals surface area contributed by atoms with E-state index in [0.29, 0.717) is 0 Å². The van der Waals surface area contributed by atoms with Crippen molar-refractivity contribution in [2.24, 2.45) is 0 Å².